The highest BCUT2D eigenvalue weighted by atomic mass is 32.2. The molecule has 1 rings (SSSR count). The first kappa shape index (κ1) is 11.0. The van der Waals surface area contributed by atoms with Gasteiger partial charge in [0.05, 0.1) is 10.6 Å². The minimum absolute atomic E-state index is 0.311. The van der Waals surface area contributed by atoms with Crippen LogP contribution in [0.2, 0.25) is 0 Å². The summed E-state index contributed by atoms with van der Waals surface area (Å²) in [6, 6.07) is 2.21. The van der Waals surface area contributed by atoms with Crippen LogP contribution in [-0.2, 0) is 0 Å². The van der Waals surface area contributed by atoms with Gasteiger partial charge in [-0.2, -0.15) is 0 Å². The van der Waals surface area contributed by atoms with Crippen LogP contribution in [0.25, 0.3) is 0 Å². The van der Waals surface area contributed by atoms with Gasteiger partial charge in [-0.05, 0) is 26.2 Å². The van der Waals surface area contributed by atoms with Gasteiger partial charge in [0.2, 0.25) is 0 Å². The number of pyridine rings is 1. The third kappa shape index (κ3) is 2.73. The molecular formula is C10H14N2OS. The molecule has 0 aliphatic carbocycles. The standard InChI is InChI=1S/C10H14N2OS/c1-7(2)12-9-4-10(14-3)11-5-8(9)6-13/h4-7H,1-3H3,(H,11,12). The lowest BCUT2D eigenvalue weighted by Gasteiger charge is -2.12. The Bertz CT molecular complexity index is 326. The fourth-order valence-electron chi connectivity index (χ4n) is 1.09. The molecule has 0 aliphatic heterocycles. The molecule has 0 amide bonds. The molecule has 3 nitrogen and oxygen atoms in total. The Kier molecular flexibility index (Phi) is 3.95. The lowest BCUT2D eigenvalue weighted by atomic mass is 10.2. The smallest absolute Gasteiger partial charge is 0.153 e. The Balaban J connectivity index is 3.01. The van der Waals surface area contributed by atoms with Crippen LogP contribution in [0.4, 0.5) is 5.69 Å². The van der Waals surface area contributed by atoms with E-state index < -0.39 is 0 Å². The molecule has 1 N–H and O–H groups in total. The third-order valence-corrected chi connectivity index (χ3v) is 2.33. The lowest BCUT2D eigenvalue weighted by molar-refractivity contribution is 0.112. The van der Waals surface area contributed by atoms with Gasteiger partial charge in [-0.3, -0.25) is 4.79 Å². The van der Waals surface area contributed by atoms with Crippen molar-refractivity contribution in [1.82, 2.24) is 4.98 Å². The molecule has 76 valence electrons. The number of carbonyl (C=O) groups is 1. The molecule has 14 heavy (non-hydrogen) atoms. The summed E-state index contributed by atoms with van der Waals surface area (Å²) in [5.74, 6) is 0. The molecule has 0 unspecified atom stereocenters. The highest BCUT2D eigenvalue weighted by molar-refractivity contribution is 7.98. The summed E-state index contributed by atoms with van der Waals surface area (Å²) in [5.41, 5.74) is 1.46. The lowest BCUT2D eigenvalue weighted by Crippen LogP contribution is -2.11. The summed E-state index contributed by atoms with van der Waals surface area (Å²) in [5, 5.41) is 4.13. The van der Waals surface area contributed by atoms with Crippen molar-refractivity contribution >= 4 is 23.7 Å². The zero-order chi connectivity index (χ0) is 10.6. The number of thioether (sulfide) groups is 1. The SMILES string of the molecule is CSc1cc(NC(C)C)c(C=O)cn1. The molecule has 0 bridgehead atoms. The van der Waals surface area contributed by atoms with Crippen molar-refractivity contribution < 1.29 is 4.79 Å². The Morgan fingerprint density at radius 3 is 2.79 bits per heavy atom. The van der Waals surface area contributed by atoms with Crippen molar-refractivity contribution in [3.8, 4) is 0 Å². The highest BCUT2D eigenvalue weighted by Crippen LogP contribution is 2.20. The number of rotatable bonds is 4. The number of aromatic nitrogens is 1. The van der Waals surface area contributed by atoms with E-state index in [0.717, 1.165) is 17.0 Å². The molecule has 0 spiro atoms. The van der Waals surface area contributed by atoms with E-state index in [-0.39, 0.29) is 0 Å². The van der Waals surface area contributed by atoms with Crippen LogP contribution in [0.3, 0.4) is 0 Å². The van der Waals surface area contributed by atoms with Crippen LogP contribution in [0.5, 0.6) is 0 Å². The van der Waals surface area contributed by atoms with E-state index in [1.54, 1.807) is 18.0 Å². The van der Waals surface area contributed by atoms with Gasteiger partial charge >= 0.3 is 0 Å². The first-order valence-corrected chi connectivity index (χ1v) is 5.65. The Morgan fingerprint density at radius 1 is 1.57 bits per heavy atom. The van der Waals surface area contributed by atoms with Gasteiger partial charge in [0.15, 0.2) is 6.29 Å². The van der Waals surface area contributed by atoms with E-state index in [0.29, 0.717) is 11.6 Å². The van der Waals surface area contributed by atoms with Crippen molar-refractivity contribution in [1.29, 1.82) is 0 Å². The maximum atomic E-state index is 10.7. The van der Waals surface area contributed by atoms with Crippen LogP contribution < -0.4 is 5.32 Å². The molecule has 4 heteroatoms. The Morgan fingerprint density at radius 2 is 2.29 bits per heavy atom. The first-order valence-electron chi connectivity index (χ1n) is 4.43. The molecule has 0 saturated heterocycles. The summed E-state index contributed by atoms with van der Waals surface area (Å²) in [4.78, 5) is 14.8. The summed E-state index contributed by atoms with van der Waals surface area (Å²) in [6.45, 7) is 4.07. The van der Waals surface area contributed by atoms with Gasteiger partial charge in [-0.25, -0.2) is 4.98 Å². The number of nitrogens with zero attached hydrogens (tertiary/aromatic N) is 1. The van der Waals surface area contributed by atoms with Crippen LogP contribution in [0.15, 0.2) is 17.3 Å². The second-order valence-electron chi connectivity index (χ2n) is 3.23. The number of aldehydes is 1. The second kappa shape index (κ2) is 5.00. The van der Waals surface area contributed by atoms with Gasteiger partial charge < -0.3 is 5.32 Å². The molecule has 1 heterocycles. The number of hydrogen-bond donors (Lipinski definition) is 1. The van der Waals surface area contributed by atoms with Crippen LogP contribution >= 0.6 is 11.8 Å². The number of nitrogens with one attached hydrogen (secondary N) is 1. The molecule has 0 atom stereocenters. The fraction of sp³-hybridized carbons (Fsp3) is 0.400. The zero-order valence-corrected chi connectivity index (χ0v) is 9.39. The van der Waals surface area contributed by atoms with Crippen molar-refractivity contribution in [2.75, 3.05) is 11.6 Å². The molecular weight excluding hydrogens is 196 g/mol. The Hall–Kier alpha value is -1.03. The summed E-state index contributed by atoms with van der Waals surface area (Å²) < 4.78 is 0. The van der Waals surface area contributed by atoms with E-state index >= 15 is 0 Å². The van der Waals surface area contributed by atoms with Crippen molar-refractivity contribution in [2.45, 2.75) is 24.9 Å². The minimum Gasteiger partial charge on any atom is -0.382 e. The average molecular weight is 210 g/mol. The Labute approximate surface area is 88.3 Å². The molecule has 1 aromatic rings. The summed E-state index contributed by atoms with van der Waals surface area (Å²) in [6.07, 6.45) is 4.38. The van der Waals surface area contributed by atoms with Crippen molar-refractivity contribution in [3.05, 3.63) is 17.8 Å². The minimum atomic E-state index is 0.311. The average Bonchev–Trinajstić information content (AvgIpc) is 2.16. The molecule has 0 fully saturated rings. The first-order chi connectivity index (χ1) is 6.67. The van der Waals surface area contributed by atoms with E-state index in [9.17, 15) is 4.79 Å². The summed E-state index contributed by atoms with van der Waals surface area (Å²) in [7, 11) is 0. The normalized spacial score (nSPS) is 10.3. The molecule has 0 aliphatic rings. The predicted molar refractivity (Wildman–Crippen MR) is 60.2 cm³/mol. The summed E-state index contributed by atoms with van der Waals surface area (Å²) >= 11 is 1.56. The molecule has 0 radical (unpaired) electrons. The zero-order valence-electron chi connectivity index (χ0n) is 8.57. The highest BCUT2D eigenvalue weighted by Gasteiger charge is 2.04. The second-order valence-corrected chi connectivity index (χ2v) is 4.06. The van der Waals surface area contributed by atoms with E-state index in [2.05, 4.69) is 10.3 Å². The number of hydrogen-bond acceptors (Lipinski definition) is 4. The monoisotopic (exact) mass is 210 g/mol. The molecule has 0 aromatic carbocycles. The number of carbonyl (C=O) groups excluding carboxylic acids is 1. The van der Waals surface area contributed by atoms with Crippen LogP contribution in [0.1, 0.15) is 24.2 Å². The van der Waals surface area contributed by atoms with Crippen molar-refractivity contribution in [2.24, 2.45) is 0 Å². The predicted octanol–water partition coefficient (Wildman–Crippen LogP) is 2.44. The maximum Gasteiger partial charge on any atom is 0.153 e. The quantitative estimate of drug-likeness (QED) is 0.612. The van der Waals surface area contributed by atoms with Crippen LogP contribution in [0, 0.1) is 0 Å². The van der Waals surface area contributed by atoms with Gasteiger partial charge in [-0.15, -0.1) is 11.8 Å². The maximum absolute atomic E-state index is 10.7. The van der Waals surface area contributed by atoms with E-state index in [1.807, 2.05) is 26.2 Å². The van der Waals surface area contributed by atoms with Gasteiger partial charge in [0.25, 0.3) is 0 Å². The van der Waals surface area contributed by atoms with Gasteiger partial charge in [-0.1, -0.05) is 0 Å². The molecule has 1 aromatic heterocycles. The third-order valence-electron chi connectivity index (χ3n) is 1.69. The topological polar surface area (TPSA) is 42.0 Å². The largest absolute Gasteiger partial charge is 0.382 e. The molecule has 0 saturated carbocycles. The van der Waals surface area contributed by atoms with Crippen LogP contribution in [-0.4, -0.2) is 23.6 Å². The fourth-order valence-corrected chi connectivity index (χ4v) is 1.48. The van der Waals surface area contributed by atoms with Crippen molar-refractivity contribution in [3.63, 3.8) is 0 Å². The van der Waals surface area contributed by atoms with E-state index in [4.69, 9.17) is 0 Å². The van der Waals surface area contributed by atoms with E-state index in [1.165, 1.54) is 0 Å². The van der Waals surface area contributed by atoms with Gasteiger partial charge in [0, 0.05) is 17.9 Å². The number of anilines is 1. The van der Waals surface area contributed by atoms with Gasteiger partial charge in [0.1, 0.15) is 0 Å².